The van der Waals surface area contributed by atoms with E-state index in [1.165, 1.54) is 12.1 Å². The number of nitrogens with zero attached hydrogens (tertiary/aromatic N) is 1. The van der Waals surface area contributed by atoms with Crippen LogP contribution in [0.1, 0.15) is 13.8 Å². The predicted molar refractivity (Wildman–Crippen MR) is 76.5 cm³/mol. The predicted octanol–water partition coefficient (Wildman–Crippen LogP) is 2.53. The first kappa shape index (κ1) is 15.2. The number of rotatable bonds is 3. The SMILES string of the molecule is C[C@@H]1CN(CC(=O)Nc2ccc(Cl)cc2F)C[C@H](C)O1. The van der Waals surface area contributed by atoms with Crippen molar-refractivity contribution in [2.45, 2.75) is 26.1 Å². The van der Waals surface area contributed by atoms with Gasteiger partial charge in [0.15, 0.2) is 0 Å². The molecule has 1 aliphatic heterocycles. The number of nitrogens with one attached hydrogen (secondary N) is 1. The third-order valence-corrected chi connectivity index (χ3v) is 3.30. The van der Waals surface area contributed by atoms with E-state index in [-0.39, 0.29) is 30.3 Å². The fourth-order valence-electron chi connectivity index (χ4n) is 2.40. The quantitative estimate of drug-likeness (QED) is 0.932. The van der Waals surface area contributed by atoms with Crippen molar-refractivity contribution in [3.8, 4) is 0 Å². The molecule has 0 bridgehead atoms. The molecule has 1 saturated heterocycles. The van der Waals surface area contributed by atoms with Crippen LogP contribution in [0.5, 0.6) is 0 Å². The van der Waals surface area contributed by atoms with Gasteiger partial charge in [-0.1, -0.05) is 11.6 Å². The molecule has 0 aliphatic carbocycles. The molecular weight excluding hydrogens is 283 g/mol. The van der Waals surface area contributed by atoms with Crippen LogP contribution in [-0.2, 0) is 9.53 Å². The molecule has 1 aliphatic rings. The van der Waals surface area contributed by atoms with Crippen LogP contribution in [0.2, 0.25) is 5.02 Å². The molecule has 1 aromatic carbocycles. The minimum atomic E-state index is -0.533. The normalized spacial score (nSPS) is 23.6. The van der Waals surface area contributed by atoms with Crippen LogP contribution in [0.25, 0.3) is 0 Å². The maximum Gasteiger partial charge on any atom is 0.238 e. The van der Waals surface area contributed by atoms with Gasteiger partial charge in [-0.25, -0.2) is 4.39 Å². The Balaban J connectivity index is 1.92. The fourth-order valence-corrected chi connectivity index (χ4v) is 2.56. The van der Waals surface area contributed by atoms with Gasteiger partial charge in [0.2, 0.25) is 5.91 Å². The summed E-state index contributed by atoms with van der Waals surface area (Å²) in [6, 6.07) is 4.18. The van der Waals surface area contributed by atoms with E-state index in [0.29, 0.717) is 18.1 Å². The van der Waals surface area contributed by atoms with Crippen LogP contribution >= 0.6 is 11.6 Å². The molecule has 1 amide bonds. The minimum absolute atomic E-state index is 0.0961. The lowest BCUT2D eigenvalue weighted by molar-refractivity contribution is -0.121. The molecule has 1 heterocycles. The lowest BCUT2D eigenvalue weighted by atomic mass is 10.2. The van der Waals surface area contributed by atoms with Gasteiger partial charge in [0.05, 0.1) is 24.4 Å². The third kappa shape index (κ3) is 4.16. The van der Waals surface area contributed by atoms with Crippen LogP contribution in [0.15, 0.2) is 18.2 Å². The summed E-state index contributed by atoms with van der Waals surface area (Å²) in [6.45, 7) is 5.56. The topological polar surface area (TPSA) is 41.6 Å². The zero-order valence-electron chi connectivity index (χ0n) is 11.5. The summed E-state index contributed by atoms with van der Waals surface area (Å²) < 4.78 is 19.2. The average Bonchev–Trinajstić information content (AvgIpc) is 2.31. The molecule has 2 atom stereocenters. The highest BCUT2D eigenvalue weighted by atomic mass is 35.5. The monoisotopic (exact) mass is 300 g/mol. The maximum atomic E-state index is 13.6. The van der Waals surface area contributed by atoms with E-state index in [1.54, 1.807) is 6.07 Å². The number of carbonyl (C=O) groups excluding carboxylic acids is 1. The number of amides is 1. The lowest BCUT2D eigenvalue weighted by Crippen LogP contribution is -2.48. The van der Waals surface area contributed by atoms with E-state index >= 15 is 0 Å². The van der Waals surface area contributed by atoms with E-state index in [9.17, 15) is 9.18 Å². The molecule has 110 valence electrons. The van der Waals surface area contributed by atoms with Gasteiger partial charge in [0, 0.05) is 18.1 Å². The highest BCUT2D eigenvalue weighted by Gasteiger charge is 2.23. The highest BCUT2D eigenvalue weighted by molar-refractivity contribution is 6.30. The van der Waals surface area contributed by atoms with Gasteiger partial charge in [0.25, 0.3) is 0 Å². The maximum absolute atomic E-state index is 13.6. The van der Waals surface area contributed by atoms with E-state index in [4.69, 9.17) is 16.3 Å². The molecule has 0 spiro atoms. The number of hydrogen-bond donors (Lipinski definition) is 1. The summed E-state index contributed by atoms with van der Waals surface area (Å²) in [5, 5.41) is 2.86. The van der Waals surface area contributed by atoms with Gasteiger partial charge >= 0.3 is 0 Å². The zero-order chi connectivity index (χ0) is 14.7. The van der Waals surface area contributed by atoms with E-state index in [1.807, 2.05) is 18.7 Å². The zero-order valence-corrected chi connectivity index (χ0v) is 12.3. The van der Waals surface area contributed by atoms with Gasteiger partial charge in [-0.3, -0.25) is 9.69 Å². The Labute approximate surface area is 122 Å². The molecule has 1 aromatic rings. The highest BCUT2D eigenvalue weighted by Crippen LogP contribution is 2.19. The standard InChI is InChI=1S/C14H18ClFN2O2/c1-9-6-18(7-10(2)20-9)8-14(19)17-13-4-3-11(15)5-12(13)16/h3-5,9-10H,6-8H2,1-2H3,(H,17,19)/t9-,10+. The summed E-state index contributed by atoms with van der Waals surface area (Å²) in [5.74, 6) is -0.776. The van der Waals surface area contributed by atoms with Crippen molar-refractivity contribution in [2.24, 2.45) is 0 Å². The van der Waals surface area contributed by atoms with Crippen molar-refractivity contribution >= 4 is 23.2 Å². The summed E-state index contributed by atoms with van der Waals surface area (Å²) >= 11 is 5.67. The van der Waals surface area contributed by atoms with E-state index in [2.05, 4.69) is 5.32 Å². The Kier molecular flexibility index (Phi) is 4.96. The Morgan fingerprint density at radius 1 is 1.45 bits per heavy atom. The molecule has 1 N–H and O–H groups in total. The van der Waals surface area contributed by atoms with Crippen LogP contribution in [0.3, 0.4) is 0 Å². The van der Waals surface area contributed by atoms with Gasteiger partial charge in [-0.05, 0) is 32.0 Å². The second-order valence-electron chi connectivity index (χ2n) is 5.12. The van der Waals surface area contributed by atoms with Crippen LogP contribution < -0.4 is 5.32 Å². The first-order chi connectivity index (χ1) is 9.44. The summed E-state index contributed by atoms with van der Waals surface area (Å²) in [5.41, 5.74) is 0.147. The Hall–Kier alpha value is -1.17. The molecule has 2 rings (SSSR count). The molecule has 0 aromatic heterocycles. The number of halogens is 2. The molecule has 0 radical (unpaired) electrons. The van der Waals surface area contributed by atoms with Crippen molar-refractivity contribution in [1.82, 2.24) is 4.90 Å². The molecule has 4 nitrogen and oxygen atoms in total. The summed E-state index contributed by atoms with van der Waals surface area (Å²) in [7, 11) is 0. The van der Waals surface area contributed by atoms with Gasteiger partial charge in [-0.2, -0.15) is 0 Å². The van der Waals surface area contributed by atoms with Crippen molar-refractivity contribution in [2.75, 3.05) is 25.0 Å². The van der Waals surface area contributed by atoms with E-state index < -0.39 is 5.82 Å². The second-order valence-corrected chi connectivity index (χ2v) is 5.56. The van der Waals surface area contributed by atoms with Crippen molar-refractivity contribution < 1.29 is 13.9 Å². The molecule has 6 heteroatoms. The molecular formula is C14H18ClFN2O2. The second kappa shape index (κ2) is 6.52. The summed E-state index contributed by atoms with van der Waals surface area (Å²) in [6.07, 6.45) is 0.192. The Morgan fingerprint density at radius 2 is 2.10 bits per heavy atom. The summed E-state index contributed by atoms with van der Waals surface area (Å²) in [4.78, 5) is 13.9. The first-order valence-electron chi connectivity index (χ1n) is 6.56. The Morgan fingerprint density at radius 3 is 2.70 bits per heavy atom. The molecule has 0 saturated carbocycles. The van der Waals surface area contributed by atoms with E-state index in [0.717, 1.165) is 0 Å². The number of ether oxygens (including phenoxy) is 1. The lowest BCUT2D eigenvalue weighted by Gasteiger charge is -2.34. The number of morpholine rings is 1. The number of hydrogen-bond acceptors (Lipinski definition) is 3. The number of benzene rings is 1. The van der Waals surface area contributed by atoms with Gasteiger partial charge in [0.1, 0.15) is 5.82 Å². The molecule has 0 unspecified atom stereocenters. The minimum Gasteiger partial charge on any atom is -0.373 e. The molecule has 20 heavy (non-hydrogen) atoms. The largest absolute Gasteiger partial charge is 0.373 e. The number of carbonyl (C=O) groups is 1. The van der Waals surface area contributed by atoms with Crippen molar-refractivity contribution in [1.29, 1.82) is 0 Å². The average molecular weight is 301 g/mol. The van der Waals surface area contributed by atoms with Crippen LogP contribution in [0.4, 0.5) is 10.1 Å². The molecule has 1 fully saturated rings. The van der Waals surface area contributed by atoms with Gasteiger partial charge < -0.3 is 10.1 Å². The Bertz CT molecular complexity index is 488. The van der Waals surface area contributed by atoms with Gasteiger partial charge in [-0.15, -0.1) is 0 Å². The van der Waals surface area contributed by atoms with Crippen LogP contribution in [0, 0.1) is 5.82 Å². The van der Waals surface area contributed by atoms with Crippen molar-refractivity contribution in [3.05, 3.63) is 29.0 Å². The first-order valence-corrected chi connectivity index (χ1v) is 6.94. The fraction of sp³-hybridized carbons (Fsp3) is 0.500. The smallest absolute Gasteiger partial charge is 0.238 e. The van der Waals surface area contributed by atoms with Crippen molar-refractivity contribution in [3.63, 3.8) is 0 Å². The van der Waals surface area contributed by atoms with Crippen LogP contribution in [-0.4, -0.2) is 42.6 Å². The number of anilines is 1. The third-order valence-electron chi connectivity index (χ3n) is 3.07.